The second kappa shape index (κ2) is 7.30. The molecule has 19 heavy (non-hydrogen) atoms. The number of anilines is 1. The van der Waals surface area contributed by atoms with Crippen molar-refractivity contribution in [3.63, 3.8) is 0 Å². The molecule has 1 aromatic heterocycles. The molecule has 0 saturated heterocycles. The molecule has 0 radical (unpaired) electrons. The van der Waals surface area contributed by atoms with Gasteiger partial charge in [-0.05, 0) is 18.9 Å². The Hall–Kier alpha value is -2.18. The van der Waals surface area contributed by atoms with Crippen LogP contribution in [0.1, 0.15) is 25.3 Å². The maximum atomic E-state index is 11.4. The van der Waals surface area contributed by atoms with E-state index in [2.05, 4.69) is 15.6 Å². The average molecular weight is 266 g/mol. The van der Waals surface area contributed by atoms with Crippen LogP contribution in [-0.4, -0.2) is 28.9 Å². The maximum Gasteiger partial charge on any atom is 0.311 e. The van der Waals surface area contributed by atoms with Crippen LogP contribution in [0, 0.1) is 17.0 Å². The SMILES string of the molecule is CCCNC(=O)CCNc1ncc(C)cc1[N+](=O)[O-]. The summed E-state index contributed by atoms with van der Waals surface area (Å²) in [5.41, 5.74) is 0.645. The first-order valence-electron chi connectivity index (χ1n) is 6.16. The number of hydrogen-bond acceptors (Lipinski definition) is 5. The number of aromatic nitrogens is 1. The second-order valence-corrected chi connectivity index (χ2v) is 4.16. The highest BCUT2D eigenvalue weighted by atomic mass is 16.6. The summed E-state index contributed by atoms with van der Waals surface area (Å²) in [6.07, 6.45) is 2.68. The lowest BCUT2D eigenvalue weighted by atomic mass is 10.3. The highest BCUT2D eigenvalue weighted by molar-refractivity contribution is 5.76. The zero-order valence-electron chi connectivity index (χ0n) is 11.1. The Labute approximate surface area is 111 Å². The van der Waals surface area contributed by atoms with Gasteiger partial charge in [0, 0.05) is 31.8 Å². The number of aryl methyl sites for hydroxylation is 1. The Balaban J connectivity index is 2.53. The zero-order valence-corrected chi connectivity index (χ0v) is 11.1. The zero-order chi connectivity index (χ0) is 14.3. The van der Waals surface area contributed by atoms with E-state index in [0.717, 1.165) is 12.0 Å². The summed E-state index contributed by atoms with van der Waals surface area (Å²) in [5, 5.41) is 16.4. The van der Waals surface area contributed by atoms with Gasteiger partial charge in [0.1, 0.15) is 0 Å². The molecule has 1 amide bonds. The highest BCUT2D eigenvalue weighted by Gasteiger charge is 2.15. The third-order valence-corrected chi connectivity index (χ3v) is 2.42. The van der Waals surface area contributed by atoms with Gasteiger partial charge in [0.2, 0.25) is 11.7 Å². The van der Waals surface area contributed by atoms with Crippen molar-refractivity contribution >= 4 is 17.4 Å². The van der Waals surface area contributed by atoms with Crippen LogP contribution < -0.4 is 10.6 Å². The molecule has 0 spiro atoms. The first-order valence-corrected chi connectivity index (χ1v) is 6.16. The van der Waals surface area contributed by atoms with Gasteiger partial charge in [0.25, 0.3) is 0 Å². The van der Waals surface area contributed by atoms with Crippen LogP contribution in [-0.2, 0) is 4.79 Å². The molecule has 0 aliphatic heterocycles. The van der Waals surface area contributed by atoms with E-state index in [1.165, 1.54) is 6.07 Å². The number of hydrogen-bond donors (Lipinski definition) is 2. The van der Waals surface area contributed by atoms with Crippen LogP contribution in [0.15, 0.2) is 12.3 Å². The molecule has 0 aromatic carbocycles. The van der Waals surface area contributed by atoms with E-state index < -0.39 is 4.92 Å². The fourth-order valence-corrected chi connectivity index (χ4v) is 1.48. The Morgan fingerprint density at radius 1 is 1.47 bits per heavy atom. The summed E-state index contributed by atoms with van der Waals surface area (Å²) < 4.78 is 0. The molecule has 104 valence electrons. The van der Waals surface area contributed by atoms with Gasteiger partial charge in [-0.2, -0.15) is 0 Å². The van der Waals surface area contributed by atoms with Gasteiger partial charge in [-0.15, -0.1) is 0 Å². The third kappa shape index (κ3) is 4.90. The van der Waals surface area contributed by atoms with E-state index in [9.17, 15) is 14.9 Å². The summed E-state index contributed by atoms with van der Waals surface area (Å²) in [4.78, 5) is 25.7. The lowest BCUT2D eigenvalue weighted by Gasteiger charge is -2.07. The van der Waals surface area contributed by atoms with Crippen LogP contribution in [0.25, 0.3) is 0 Å². The molecule has 0 bridgehead atoms. The summed E-state index contributed by atoms with van der Waals surface area (Å²) in [6.45, 7) is 4.66. The molecule has 7 nitrogen and oxygen atoms in total. The minimum Gasteiger partial charge on any atom is -0.364 e. The van der Waals surface area contributed by atoms with Gasteiger partial charge < -0.3 is 10.6 Å². The van der Waals surface area contributed by atoms with Crippen molar-refractivity contribution in [3.05, 3.63) is 27.9 Å². The Kier molecular flexibility index (Phi) is 5.72. The molecule has 0 unspecified atom stereocenters. The largest absolute Gasteiger partial charge is 0.364 e. The molecule has 0 saturated carbocycles. The number of nitrogens with one attached hydrogen (secondary N) is 2. The number of nitrogens with zero attached hydrogens (tertiary/aromatic N) is 2. The van der Waals surface area contributed by atoms with E-state index in [4.69, 9.17) is 0 Å². The van der Waals surface area contributed by atoms with E-state index in [1.807, 2.05) is 6.92 Å². The molecule has 0 atom stereocenters. The Morgan fingerprint density at radius 2 is 2.21 bits per heavy atom. The number of pyridine rings is 1. The van der Waals surface area contributed by atoms with E-state index in [-0.39, 0.29) is 23.8 Å². The molecule has 0 aliphatic rings. The monoisotopic (exact) mass is 266 g/mol. The maximum absolute atomic E-state index is 11.4. The first-order chi connectivity index (χ1) is 9.04. The number of amides is 1. The van der Waals surface area contributed by atoms with Gasteiger partial charge >= 0.3 is 5.69 Å². The van der Waals surface area contributed by atoms with Crippen LogP contribution in [0.2, 0.25) is 0 Å². The molecular formula is C12H18N4O3. The van der Waals surface area contributed by atoms with Gasteiger partial charge in [-0.3, -0.25) is 14.9 Å². The number of rotatable bonds is 7. The van der Waals surface area contributed by atoms with Crippen molar-refractivity contribution < 1.29 is 9.72 Å². The normalized spacial score (nSPS) is 10.0. The smallest absolute Gasteiger partial charge is 0.311 e. The van der Waals surface area contributed by atoms with Crippen LogP contribution in [0.5, 0.6) is 0 Å². The number of nitro groups is 1. The standard InChI is InChI=1S/C12H18N4O3/c1-3-5-13-11(17)4-6-14-12-10(16(18)19)7-9(2)8-15-12/h7-8H,3-6H2,1-2H3,(H,13,17)(H,14,15). The molecule has 7 heteroatoms. The minimum atomic E-state index is -0.487. The van der Waals surface area contributed by atoms with E-state index in [1.54, 1.807) is 13.1 Å². The number of carbonyl (C=O) groups excluding carboxylic acids is 1. The van der Waals surface area contributed by atoms with Crippen molar-refractivity contribution in [2.24, 2.45) is 0 Å². The van der Waals surface area contributed by atoms with Crippen molar-refractivity contribution in [2.45, 2.75) is 26.7 Å². The lowest BCUT2D eigenvalue weighted by molar-refractivity contribution is -0.384. The van der Waals surface area contributed by atoms with Crippen LogP contribution in [0.3, 0.4) is 0 Å². The van der Waals surface area contributed by atoms with Crippen molar-refractivity contribution in [3.8, 4) is 0 Å². The molecule has 1 heterocycles. The van der Waals surface area contributed by atoms with Crippen LogP contribution >= 0.6 is 0 Å². The molecule has 1 aromatic rings. The fraction of sp³-hybridized carbons (Fsp3) is 0.500. The summed E-state index contributed by atoms with van der Waals surface area (Å²) in [5.74, 6) is 0.114. The van der Waals surface area contributed by atoms with Gasteiger partial charge in [0.15, 0.2) is 0 Å². The van der Waals surface area contributed by atoms with E-state index >= 15 is 0 Å². The topological polar surface area (TPSA) is 97.2 Å². The Morgan fingerprint density at radius 3 is 2.84 bits per heavy atom. The summed E-state index contributed by atoms with van der Waals surface area (Å²) >= 11 is 0. The molecule has 2 N–H and O–H groups in total. The number of carbonyl (C=O) groups is 1. The van der Waals surface area contributed by atoms with Crippen molar-refractivity contribution in [2.75, 3.05) is 18.4 Å². The predicted molar refractivity (Wildman–Crippen MR) is 72.0 cm³/mol. The summed E-state index contributed by atoms with van der Waals surface area (Å²) in [6, 6.07) is 1.45. The second-order valence-electron chi connectivity index (χ2n) is 4.16. The predicted octanol–water partition coefficient (Wildman–Crippen LogP) is 1.63. The summed E-state index contributed by atoms with van der Waals surface area (Å²) in [7, 11) is 0. The van der Waals surface area contributed by atoms with Crippen molar-refractivity contribution in [1.29, 1.82) is 0 Å². The quantitative estimate of drug-likeness (QED) is 0.577. The molecule has 1 rings (SSSR count). The van der Waals surface area contributed by atoms with E-state index in [0.29, 0.717) is 13.1 Å². The first kappa shape index (κ1) is 14.9. The van der Waals surface area contributed by atoms with Gasteiger partial charge in [-0.1, -0.05) is 6.92 Å². The Bertz CT molecular complexity index is 462. The molecule has 0 aliphatic carbocycles. The lowest BCUT2D eigenvalue weighted by Crippen LogP contribution is -2.26. The fourth-order valence-electron chi connectivity index (χ4n) is 1.48. The van der Waals surface area contributed by atoms with Crippen LogP contribution in [0.4, 0.5) is 11.5 Å². The van der Waals surface area contributed by atoms with Crippen molar-refractivity contribution in [1.82, 2.24) is 10.3 Å². The van der Waals surface area contributed by atoms with Gasteiger partial charge in [0.05, 0.1) is 4.92 Å². The minimum absolute atomic E-state index is 0.0750. The highest BCUT2D eigenvalue weighted by Crippen LogP contribution is 2.22. The molecular weight excluding hydrogens is 248 g/mol. The average Bonchev–Trinajstić information content (AvgIpc) is 2.37. The molecule has 0 fully saturated rings. The third-order valence-electron chi connectivity index (χ3n) is 2.42. The van der Waals surface area contributed by atoms with Gasteiger partial charge in [-0.25, -0.2) is 4.98 Å².